The summed E-state index contributed by atoms with van der Waals surface area (Å²) >= 11 is 0. The van der Waals surface area contributed by atoms with E-state index in [4.69, 9.17) is 0 Å². The minimum absolute atomic E-state index is 0.00378. The minimum Gasteiger partial charge on any atom is -0.507 e. The summed E-state index contributed by atoms with van der Waals surface area (Å²) in [6, 6.07) is 23.9. The van der Waals surface area contributed by atoms with Crippen molar-refractivity contribution in [3.05, 3.63) is 101 Å². The molecule has 1 saturated carbocycles. The molecule has 0 saturated heterocycles. The largest absolute Gasteiger partial charge is 0.507 e. The molecule has 1 aliphatic carbocycles. The van der Waals surface area contributed by atoms with Crippen molar-refractivity contribution in [3.63, 3.8) is 0 Å². The maximum absolute atomic E-state index is 13.2. The third-order valence-electron chi connectivity index (χ3n) is 7.53. The first-order valence-corrected chi connectivity index (χ1v) is 13.9. The molecule has 7 nitrogen and oxygen atoms in total. The van der Waals surface area contributed by atoms with Crippen LogP contribution >= 0.6 is 0 Å². The number of benzene rings is 3. The van der Waals surface area contributed by atoms with Crippen molar-refractivity contribution in [2.45, 2.75) is 64.3 Å². The number of aromatic nitrogens is 2. The van der Waals surface area contributed by atoms with E-state index in [1.807, 2.05) is 60.7 Å². The van der Waals surface area contributed by atoms with E-state index < -0.39 is 0 Å². The lowest BCUT2D eigenvalue weighted by Crippen LogP contribution is -2.30. The Balaban J connectivity index is 1.35. The Morgan fingerprint density at radius 2 is 1.65 bits per heavy atom. The van der Waals surface area contributed by atoms with Gasteiger partial charge in [0.1, 0.15) is 5.75 Å². The van der Waals surface area contributed by atoms with E-state index >= 15 is 0 Å². The van der Waals surface area contributed by atoms with Crippen molar-refractivity contribution < 1.29 is 14.7 Å². The van der Waals surface area contributed by atoms with Crippen LogP contribution in [0.15, 0.2) is 78.9 Å². The first kappa shape index (κ1) is 27.2. The fraction of sp³-hybridized carbons (Fsp3) is 0.303. The summed E-state index contributed by atoms with van der Waals surface area (Å²) in [5.74, 6) is -0.0298. The van der Waals surface area contributed by atoms with Crippen LogP contribution in [0.1, 0.15) is 79.6 Å². The zero-order valence-electron chi connectivity index (χ0n) is 23.3. The Bertz CT molecular complexity index is 1500. The molecule has 0 bridgehead atoms. The van der Waals surface area contributed by atoms with Gasteiger partial charge in [-0.1, -0.05) is 76.1 Å². The lowest BCUT2D eigenvalue weighted by Gasteiger charge is -2.19. The van der Waals surface area contributed by atoms with Gasteiger partial charge in [-0.05, 0) is 59.7 Å². The molecule has 0 unspecified atom stereocenters. The molecule has 0 spiro atoms. The normalized spacial score (nSPS) is 13.8. The fourth-order valence-electron chi connectivity index (χ4n) is 5.20. The molecule has 40 heavy (non-hydrogen) atoms. The minimum atomic E-state index is -0.294. The summed E-state index contributed by atoms with van der Waals surface area (Å²) in [7, 11) is 0. The maximum Gasteiger partial charge on any atom is 0.342 e. The first-order chi connectivity index (χ1) is 19.2. The predicted molar refractivity (Wildman–Crippen MR) is 158 cm³/mol. The molecule has 0 aliphatic heterocycles. The second-order valence-corrected chi connectivity index (χ2v) is 11.5. The van der Waals surface area contributed by atoms with Crippen LogP contribution in [0, 0.1) is 0 Å². The van der Waals surface area contributed by atoms with Gasteiger partial charge in [0.15, 0.2) is 0 Å². The number of carbonyl (C=O) groups is 2. The number of nitrogens with zero attached hydrogens (tertiary/aromatic N) is 2. The Hall–Kier alpha value is -4.39. The second-order valence-electron chi connectivity index (χ2n) is 11.5. The van der Waals surface area contributed by atoms with E-state index in [1.165, 1.54) is 10.7 Å². The second kappa shape index (κ2) is 11.4. The monoisotopic (exact) mass is 536 g/mol. The Morgan fingerprint density at radius 3 is 2.30 bits per heavy atom. The molecule has 7 heteroatoms. The van der Waals surface area contributed by atoms with Gasteiger partial charge in [-0.3, -0.25) is 4.79 Å². The molecule has 0 atom stereocenters. The summed E-state index contributed by atoms with van der Waals surface area (Å²) in [5, 5.41) is 21.4. The molecule has 4 aromatic rings. The van der Waals surface area contributed by atoms with E-state index in [2.05, 4.69) is 36.5 Å². The number of rotatable bonds is 6. The van der Waals surface area contributed by atoms with Gasteiger partial charge in [-0.25, -0.2) is 4.79 Å². The van der Waals surface area contributed by atoms with Crippen LogP contribution in [0.3, 0.4) is 0 Å². The highest BCUT2D eigenvalue weighted by molar-refractivity contribution is 6.04. The Labute approximate surface area is 235 Å². The van der Waals surface area contributed by atoms with Crippen LogP contribution in [0.5, 0.6) is 5.75 Å². The lowest BCUT2D eigenvalue weighted by molar-refractivity contribution is 0.102. The van der Waals surface area contributed by atoms with Gasteiger partial charge in [0, 0.05) is 35.3 Å². The standard InChI is InChI=1S/C33H36N4O3/c1-33(2,3)25-15-13-24(14-16-25)31(39)35-26-17-18-27(30(38)19-26)28-20-29(23-11-7-8-12-23)37(36-28)32(40)34-21-22-9-5-4-6-10-22/h4-6,9-10,13-20,23,38H,7-8,11-12,21H2,1-3H3,(H,34,40)(H,35,39). The Kier molecular flexibility index (Phi) is 7.74. The number of hydrogen-bond donors (Lipinski definition) is 3. The first-order valence-electron chi connectivity index (χ1n) is 13.9. The molecule has 2 amide bonds. The maximum atomic E-state index is 13.2. The molecule has 5 rings (SSSR count). The predicted octanol–water partition coefficient (Wildman–Crippen LogP) is 7.22. The van der Waals surface area contributed by atoms with E-state index in [9.17, 15) is 14.7 Å². The number of anilines is 1. The van der Waals surface area contributed by atoms with Gasteiger partial charge in [0.05, 0.1) is 11.4 Å². The van der Waals surface area contributed by atoms with Crippen molar-refractivity contribution in [2.75, 3.05) is 5.32 Å². The average Bonchev–Trinajstić information content (AvgIpc) is 3.63. The van der Waals surface area contributed by atoms with Gasteiger partial charge in [-0.2, -0.15) is 9.78 Å². The fourth-order valence-corrected chi connectivity index (χ4v) is 5.20. The van der Waals surface area contributed by atoms with Crippen LogP contribution < -0.4 is 10.6 Å². The number of hydrogen-bond acceptors (Lipinski definition) is 4. The molecular formula is C33H36N4O3. The third-order valence-corrected chi connectivity index (χ3v) is 7.53. The van der Waals surface area contributed by atoms with Gasteiger partial charge < -0.3 is 15.7 Å². The number of nitrogens with one attached hydrogen (secondary N) is 2. The number of amides is 2. The van der Waals surface area contributed by atoms with Crippen LogP contribution in [0.25, 0.3) is 11.3 Å². The molecule has 1 fully saturated rings. The molecule has 3 N–H and O–H groups in total. The quantitative estimate of drug-likeness (QED) is 0.242. The van der Waals surface area contributed by atoms with Gasteiger partial charge >= 0.3 is 6.03 Å². The van der Waals surface area contributed by atoms with Crippen LogP contribution in [0.4, 0.5) is 10.5 Å². The zero-order valence-corrected chi connectivity index (χ0v) is 23.3. The van der Waals surface area contributed by atoms with Crippen molar-refractivity contribution in [1.82, 2.24) is 15.1 Å². The number of phenols is 1. The third kappa shape index (κ3) is 6.09. The summed E-state index contributed by atoms with van der Waals surface area (Å²) in [4.78, 5) is 26.0. The van der Waals surface area contributed by atoms with E-state index in [0.717, 1.165) is 42.5 Å². The van der Waals surface area contributed by atoms with Crippen LogP contribution in [0.2, 0.25) is 0 Å². The van der Waals surface area contributed by atoms with Crippen molar-refractivity contribution in [1.29, 1.82) is 0 Å². The van der Waals surface area contributed by atoms with E-state index in [-0.39, 0.29) is 29.0 Å². The molecule has 1 aromatic heterocycles. The average molecular weight is 537 g/mol. The topological polar surface area (TPSA) is 96.3 Å². The van der Waals surface area contributed by atoms with E-state index in [1.54, 1.807) is 12.1 Å². The number of aromatic hydroxyl groups is 1. The summed E-state index contributed by atoms with van der Waals surface area (Å²) in [6.07, 6.45) is 4.25. The van der Waals surface area contributed by atoms with E-state index in [0.29, 0.717) is 29.1 Å². The highest BCUT2D eigenvalue weighted by atomic mass is 16.3. The lowest BCUT2D eigenvalue weighted by atomic mass is 9.87. The molecule has 3 aromatic carbocycles. The number of carbonyl (C=O) groups excluding carboxylic acids is 2. The highest BCUT2D eigenvalue weighted by Crippen LogP contribution is 2.38. The van der Waals surface area contributed by atoms with Crippen LogP contribution in [-0.4, -0.2) is 26.8 Å². The Morgan fingerprint density at radius 1 is 0.950 bits per heavy atom. The molecular weight excluding hydrogens is 500 g/mol. The molecule has 206 valence electrons. The SMILES string of the molecule is CC(C)(C)c1ccc(C(=O)Nc2ccc(-c3cc(C4CCCC4)n(C(=O)NCc4ccccc4)n3)c(O)c2)cc1. The van der Waals surface area contributed by atoms with Crippen LogP contribution in [-0.2, 0) is 12.0 Å². The zero-order chi connectivity index (χ0) is 28.3. The molecule has 0 radical (unpaired) electrons. The van der Waals surface area contributed by atoms with Gasteiger partial charge in [-0.15, -0.1) is 0 Å². The smallest absolute Gasteiger partial charge is 0.342 e. The summed E-state index contributed by atoms with van der Waals surface area (Å²) in [6.45, 7) is 6.79. The van der Waals surface area contributed by atoms with Crippen molar-refractivity contribution in [2.24, 2.45) is 0 Å². The summed E-state index contributed by atoms with van der Waals surface area (Å²) < 4.78 is 1.45. The molecule has 1 heterocycles. The highest BCUT2D eigenvalue weighted by Gasteiger charge is 2.26. The molecule has 1 aliphatic rings. The van der Waals surface area contributed by atoms with Gasteiger partial charge in [0.25, 0.3) is 5.91 Å². The van der Waals surface area contributed by atoms with Crippen molar-refractivity contribution in [3.8, 4) is 17.0 Å². The van der Waals surface area contributed by atoms with Crippen molar-refractivity contribution >= 4 is 17.6 Å². The number of phenolic OH excluding ortho intramolecular Hbond substituents is 1. The van der Waals surface area contributed by atoms with Gasteiger partial charge in [0.2, 0.25) is 0 Å². The summed E-state index contributed by atoms with van der Waals surface area (Å²) in [5.41, 5.74) is 5.05.